The van der Waals surface area contributed by atoms with Crippen molar-refractivity contribution in [3.63, 3.8) is 0 Å². The molecule has 0 unspecified atom stereocenters. The highest BCUT2D eigenvalue weighted by atomic mass is 35.5. The van der Waals surface area contributed by atoms with Crippen molar-refractivity contribution in [3.05, 3.63) is 53.9 Å². The van der Waals surface area contributed by atoms with E-state index in [-0.39, 0.29) is 0 Å². The van der Waals surface area contributed by atoms with E-state index in [4.69, 9.17) is 11.6 Å². The monoisotopic (exact) mass is 280 g/mol. The van der Waals surface area contributed by atoms with E-state index >= 15 is 0 Å². The fourth-order valence-corrected chi connectivity index (χ4v) is 2.46. The molecule has 0 aliphatic carbocycles. The SMILES string of the molecule is Clc1ncnc2ccc(-c3nc4ccccc4[nH]3)cc12. The Kier molecular flexibility index (Phi) is 2.44. The molecular weight excluding hydrogens is 272 g/mol. The summed E-state index contributed by atoms with van der Waals surface area (Å²) in [5, 5.41) is 1.28. The van der Waals surface area contributed by atoms with E-state index < -0.39 is 0 Å². The van der Waals surface area contributed by atoms with Crippen LogP contribution in [0.15, 0.2) is 48.8 Å². The Morgan fingerprint density at radius 1 is 0.950 bits per heavy atom. The van der Waals surface area contributed by atoms with Gasteiger partial charge in [-0.25, -0.2) is 15.0 Å². The van der Waals surface area contributed by atoms with E-state index in [1.165, 1.54) is 6.33 Å². The predicted molar refractivity (Wildman–Crippen MR) is 79.6 cm³/mol. The zero-order valence-corrected chi connectivity index (χ0v) is 11.1. The van der Waals surface area contributed by atoms with Crippen molar-refractivity contribution in [1.82, 2.24) is 19.9 Å². The maximum atomic E-state index is 6.11. The van der Waals surface area contributed by atoms with Gasteiger partial charge in [-0.1, -0.05) is 23.7 Å². The van der Waals surface area contributed by atoms with Crippen LogP contribution in [0.2, 0.25) is 5.15 Å². The van der Waals surface area contributed by atoms with Crippen molar-refractivity contribution < 1.29 is 0 Å². The van der Waals surface area contributed by atoms with Crippen LogP contribution in [0.1, 0.15) is 0 Å². The molecule has 0 atom stereocenters. The van der Waals surface area contributed by atoms with Gasteiger partial charge in [0.15, 0.2) is 0 Å². The molecule has 0 saturated heterocycles. The zero-order chi connectivity index (χ0) is 13.5. The van der Waals surface area contributed by atoms with Gasteiger partial charge in [-0.2, -0.15) is 0 Å². The number of aromatic amines is 1. The molecule has 96 valence electrons. The number of H-pyrrole nitrogens is 1. The van der Waals surface area contributed by atoms with Crippen LogP contribution in [0.5, 0.6) is 0 Å². The van der Waals surface area contributed by atoms with Gasteiger partial charge < -0.3 is 4.98 Å². The van der Waals surface area contributed by atoms with Crippen molar-refractivity contribution in [2.75, 3.05) is 0 Å². The summed E-state index contributed by atoms with van der Waals surface area (Å²) < 4.78 is 0. The minimum Gasteiger partial charge on any atom is -0.338 e. The number of halogens is 1. The molecule has 2 aromatic heterocycles. The van der Waals surface area contributed by atoms with E-state index in [1.54, 1.807) is 0 Å². The smallest absolute Gasteiger partial charge is 0.140 e. The van der Waals surface area contributed by atoms with Gasteiger partial charge in [-0.3, -0.25) is 0 Å². The molecule has 2 heterocycles. The first-order chi connectivity index (χ1) is 9.81. The molecule has 0 saturated carbocycles. The van der Waals surface area contributed by atoms with Crippen LogP contribution >= 0.6 is 11.6 Å². The normalized spacial score (nSPS) is 11.2. The van der Waals surface area contributed by atoms with E-state index in [2.05, 4.69) is 19.9 Å². The number of benzene rings is 2. The molecule has 4 aromatic rings. The standard InChI is InChI=1S/C15H9ClN4/c16-14-10-7-9(5-6-11(10)17-8-18-14)15-19-12-3-1-2-4-13(12)20-15/h1-8H,(H,19,20). The second kappa shape index (κ2) is 4.28. The van der Waals surface area contributed by atoms with Crippen LogP contribution in [0.25, 0.3) is 33.3 Å². The summed E-state index contributed by atoms with van der Waals surface area (Å²) in [6.07, 6.45) is 1.46. The molecular formula is C15H9ClN4. The Morgan fingerprint density at radius 3 is 2.75 bits per heavy atom. The number of hydrogen-bond acceptors (Lipinski definition) is 3. The topological polar surface area (TPSA) is 54.5 Å². The molecule has 0 spiro atoms. The van der Waals surface area contributed by atoms with Crippen molar-refractivity contribution in [3.8, 4) is 11.4 Å². The predicted octanol–water partition coefficient (Wildman–Crippen LogP) is 3.83. The van der Waals surface area contributed by atoms with Gasteiger partial charge in [0, 0.05) is 10.9 Å². The lowest BCUT2D eigenvalue weighted by Gasteiger charge is -2.01. The quantitative estimate of drug-likeness (QED) is 0.539. The number of nitrogens with zero attached hydrogens (tertiary/aromatic N) is 3. The second-order valence-corrected chi connectivity index (χ2v) is 4.86. The summed E-state index contributed by atoms with van der Waals surface area (Å²) in [4.78, 5) is 16.1. The largest absolute Gasteiger partial charge is 0.338 e. The molecule has 20 heavy (non-hydrogen) atoms. The summed E-state index contributed by atoms with van der Waals surface area (Å²) in [5.74, 6) is 0.813. The van der Waals surface area contributed by atoms with Gasteiger partial charge in [-0.15, -0.1) is 0 Å². The van der Waals surface area contributed by atoms with Crippen LogP contribution < -0.4 is 0 Å². The van der Waals surface area contributed by atoms with E-state index in [0.717, 1.165) is 33.3 Å². The van der Waals surface area contributed by atoms with Crippen LogP contribution in [0.4, 0.5) is 0 Å². The van der Waals surface area contributed by atoms with Crippen molar-refractivity contribution in [2.24, 2.45) is 0 Å². The molecule has 4 rings (SSSR count). The molecule has 4 nitrogen and oxygen atoms in total. The van der Waals surface area contributed by atoms with E-state index in [0.29, 0.717) is 5.15 Å². The van der Waals surface area contributed by atoms with Gasteiger partial charge in [0.2, 0.25) is 0 Å². The van der Waals surface area contributed by atoms with Crippen molar-refractivity contribution >= 4 is 33.5 Å². The number of aromatic nitrogens is 4. The van der Waals surface area contributed by atoms with Gasteiger partial charge in [0.05, 0.1) is 16.6 Å². The third-order valence-corrected chi connectivity index (χ3v) is 3.55. The van der Waals surface area contributed by atoms with Crippen molar-refractivity contribution in [2.45, 2.75) is 0 Å². The minimum atomic E-state index is 0.452. The Bertz CT molecular complexity index is 896. The molecule has 0 aliphatic heterocycles. The molecule has 0 aliphatic rings. The molecule has 0 amide bonds. The average molecular weight is 281 g/mol. The van der Waals surface area contributed by atoms with Crippen LogP contribution in [-0.2, 0) is 0 Å². The Morgan fingerprint density at radius 2 is 1.85 bits per heavy atom. The van der Waals surface area contributed by atoms with Gasteiger partial charge in [0.25, 0.3) is 0 Å². The summed E-state index contributed by atoms with van der Waals surface area (Å²) >= 11 is 6.11. The minimum absolute atomic E-state index is 0.452. The molecule has 0 fully saturated rings. The zero-order valence-electron chi connectivity index (χ0n) is 10.3. The first kappa shape index (κ1) is 11.4. The third-order valence-electron chi connectivity index (χ3n) is 3.25. The summed E-state index contributed by atoms with van der Waals surface area (Å²) in [6, 6.07) is 13.8. The van der Waals surface area contributed by atoms with Crippen LogP contribution in [0.3, 0.4) is 0 Å². The number of hydrogen-bond donors (Lipinski definition) is 1. The molecule has 0 radical (unpaired) electrons. The highest BCUT2D eigenvalue weighted by molar-refractivity contribution is 6.34. The molecule has 2 aromatic carbocycles. The van der Waals surface area contributed by atoms with Gasteiger partial charge in [0.1, 0.15) is 17.3 Å². The number of nitrogens with one attached hydrogen (secondary N) is 1. The highest BCUT2D eigenvalue weighted by Crippen LogP contribution is 2.26. The maximum absolute atomic E-state index is 6.11. The highest BCUT2D eigenvalue weighted by Gasteiger charge is 2.08. The fourth-order valence-electron chi connectivity index (χ4n) is 2.26. The molecule has 5 heteroatoms. The van der Waals surface area contributed by atoms with Crippen LogP contribution in [0, 0.1) is 0 Å². The number of para-hydroxylation sites is 2. The summed E-state index contributed by atoms with van der Waals surface area (Å²) in [7, 11) is 0. The van der Waals surface area contributed by atoms with Crippen LogP contribution in [-0.4, -0.2) is 19.9 Å². The fraction of sp³-hybridized carbons (Fsp3) is 0. The van der Waals surface area contributed by atoms with E-state index in [1.807, 2.05) is 42.5 Å². The molecule has 1 N–H and O–H groups in total. The number of imidazole rings is 1. The lowest BCUT2D eigenvalue weighted by Crippen LogP contribution is -1.86. The Balaban J connectivity index is 1.95. The first-order valence-electron chi connectivity index (χ1n) is 6.17. The first-order valence-corrected chi connectivity index (χ1v) is 6.54. The number of rotatable bonds is 1. The Labute approximate surface area is 119 Å². The lowest BCUT2D eigenvalue weighted by molar-refractivity contribution is 1.22. The van der Waals surface area contributed by atoms with E-state index in [9.17, 15) is 0 Å². The summed E-state index contributed by atoms with van der Waals surface area (Å²) in [5.41, 5.74) is 3.74. The second-order valence-electron chi connectivity index (χ2n) is 4.50. The maximum Gasteiger partial charge on any atom is 0.140 e. The third kappa shape index (κ3) is 1.73. The summed E-state index contributed by atoms with van der Waals surface area (Å²) in [6.45, 7) is 0. The Hall–Kier alpha value is -2.46. The van der Waals surface area contributed by atoms with Gasteiger partial charge in [-0.05, 0) is 30.3 Å². The lowest BCUT2D eigenvalue weighted by atomic mass is 10.1. The van der Waals surface area contributed by atoms with Crippen molar-refractivity contribution in [1.29, 1.82) is 0 Å². The van der Waals surface area contributed by atoms with Gasteiger partial charge >= 0.3 is 0 Å². The number of fused-ring (bicyclic) bond motifs is 2. The average Bonchev–Trinajstić information content (AvgIpc) is 2.91. The molecule has 0 bridgehead atoms.